The van der Waals surface area contributed by atoms with Crippen molar-refractivity contribution in [3.63, 3.8) is 0 Å². The van der Waals surface area contributed by atoms with Crippen molar-refractivity contribution in [1.82, 2.24) is 5.43 Å². The van der Waals surface area contributed by atoms with Crippen LogP contribution in [0.3, 0.4) is 0 Å². The summed E-state index contributed by atoms with van der Waals surface area (Å²) < 4.78 is 0. The van der Waals surface area contributed by atoms with E-state index < -0.39 is 0 Å². The summed E-state index contributed by atoms with van der Waals surface area (Å²) in [6.45, 7) is 7.18. The van der Waals surface area contributed by atoms with Crippen LogP contribution in [0, 0.1) is 0 Å². The lowest BCUT2D eigenvalue weighted by atomic mass is 10.2. The standard InChI is InChI=1S/C14H24N4/c1-4-5-11-18(13-9-7-6-8-10-13)14(17-15)16-12(2)3/h6-10,12H,4-5,11,15H2,1-3H3,(H,16,17). The van der Waals surface area contributed by atoms with Crippen molar-refractivity contribution in [3.8, 4) is 0 Å². The molecule has 0 saturated carbocycles. The predicted molar refractivity (Wildman–Crippen MR) is 78.6 cm³/mol. The van der Waals surface area contributed by atoms with Crippen molar-refractivity contribution in [3.05, 3.63) is 30.3 Å². The number of anilines is 1. The van der Waals surface area contributed by atoms with Crippen molar-refractivity contribution in [1.29, 1.82) is 0 Å². The van der Waals surface area contributed by atoms with Gasteiger partial charge < -0.3 is 4.90 Å². The summed E-state index contributed by atoms with van der Waals surface area (Å²) in [4.78, 5) is 6.66. The van der Waals surface area contributed by atoms with E-state index in [0.717, 1.165) is 31.0 Å². The highest BCUT2D eigenvalue weighted by Gasteiger charge is 2.12. The van der Waals surface area contributed by atoms with Crippen LogP contribution in [0.1, 0.15) is 33.6 Å². The van der Waals surface area contributed by atoms with Crippen LogP contribution in [0.4, 0.5) is 5.69 Å². The molecule has 18 heavy (non-hydrogen) atoms. The summed E-state index contributed by atoms with van der Waals surface area (Å²) >= 11 is 0. The van der Waals surface area contributed by atoms with Crippen molar-refractivity contribution in [2.24, 2.45) is 10.8 Å². The molecule has 0 spiro atoms. The molecule has 0 radical (unpaired) electrons. The maximum absolute atomic E-state index is 5.61. The minimum atomic E-state index is 0.212. The van der Waals surface area contributed by atoms with E-state index in [1.807, 2.05) is 32.0 Å². The van der Waals surface area contributed by atoms with Crippen LogP contribution in [0.15, 0.2) is 35.3 Å². The minimum absolute atomic E-state index is 0.212. The fourth-order valence-electron chi connectivity index (χ4n) is 1.71. The molecule has 1 rings (SSSR count). The topological polar surface area (TPSA) is 53.6 Å². The summed E-state index contributed by atoms with van der Waals surface area (Å²) in [5.41, 5.74) is 3.83. The Morgan fingerprint density at radius 1 is 1.33 bits per heavy atom. The van der Waals surface area contributed by atoms with Gasteiger partial charge in [-0.05, 0) is 32.4 Å². The van der Waals surface area contributed by atoms with Crippen molar-refractivity contribution >= 4 is 11.6 Å². The first kappa shape index (κ1) is 14.5. The summed E-state index contributed by atoms with van der Waals surface area (Å²) in [7, 11) is 0. The van der Waals surface area contributed by atoms with Gasteiger partial charge in [-0.25, -0.2) is 10.8 Å². The third-order valence-electron chi connectivity index (χ3n) is 2.57. The third kappa shape index (κ3) is 4.37. The monoisotopic (exact) mass is 248 g/mol. The largest absolute Gasteiger partial charge is 0.312 e. The SMILES string of the molecule is CCCCN(C(=NC(C)C)NN)c1ccccc1. The van der Waals surface area contributed by atoms with Crippen LogP contribution in [-0.4, -0.2) is 18.5 Å². The zero-order valence-electron chi connectivity index (χ0n) is 11.6. The molecule has 0 bridgehead atoms. The molecule has 0 fully saturated rings. The number of hydrogen-bond acceptors (Lipinski definition) is 2. The molecule has 0 aromatic heterocycles. The molecule has 0 saturated heterocycles. The molecule has 1 aromatic rings. The fraction of sp³-hybridized carbons (Fsp3) is 0.500. The number of para-hydroxylation sites is 1. The van der Waals surface area contributed by atoms with E-state index in [4.69, 9.17) is 5.84 Å². The summed E-state index contributed by atoms with van der Waals surface area (Å²) in [5.74, 6) is 6.34. The Balaban J connectivity index is 2.96. The zero-order valence-corrected chi connectivity index (χ0v) is 11.6. The number of aliphatic imine (C=N–C) groups is 1. The van der Waals surface area contributed by atoms with Crippen LogP contribution < -0.4 is 16.2 Å². The lowest BCUT2D eigenvalue weighted by Crippen LogP contribution is -2.46. The number of nitrogens with one attached hydrogen (secondary N) is 1. The molecule has 0 amide bonds. The molecule has 0 aliphatic heterocycles. The normalized spacial score (nSPS) is 11.7. The fourth-order valence-corrected chi connectivity index (χ4v) is 1.71. The van der Waals surface area contributed by atoms with Crippen LogP contribution in [0.25, 0.3) is 0 Å². The molecule has 0 unspecified atom stereocenters. The Kier molecular flexibility index (Phi) is 6.22. The molecule has 0 heterocycles. The van der Waals surface area contributed by atoms with E-state index in [1.165, 1.54) is 0 Å². The van der Waals surface area contributed by atoms with Crippen molar-refractivity contribution in [2.75, 3.05) is 11.4 Å². The zero-order chi connectivity index (χ0) is 13.4. The average Bonchev–Trinajstić information content (AvgIpc) is 2.38. The third-order valence-corrected chi connectivity index (χ3v) is 2.57. The lowest BCUT2D eigenvalue weighted by Gasteiger charge is -2.26. The molecule has 1 aromatic carbocycles. The number of unbranched alkanes of at least 4 members (excludes halogenated alkanes) is 1. The van der Waals surface area contributed by atoms with Gasteiger partial charge in [0.25, 0.3) is 0 Å². The quantitative estimate of drug-likeness (QED) is 0.364. The van der Waals surface area contributed by atoms with Gasteiger partial charge in [0.2, 0.25) is 5.96 Å². The Morgan fingerprint density at radius 2 is 2.00 bits per heavy atom. The number of nitrogens with two attached hydrogens (primary N) is 1. The average molecular weight is 248 g/mol. The van der Waals surface area contributed by atoms with E-state index >= 15 is 0 Å². The van der Waals surface area contributed by atoms with E-state index in [1.54, 1.807) is 0 Å². The van der Waals surface area contributed by atoms with Crippen LogP contribution in [0.5, 0.6) is 0 Å². The smallest absolute Gasteiger partial charge is 0.213 e. The van der Waals surface area contributed by atoms with E-state index in [9.17, 15) is 0 Å². The summed E-state index contributed by atoms with van der Waals surface area (Å²) in [6.07, 6.45) is 2.25. The number of benzene rings is 1. The van der Waals surface area contributed by atoms with Gasteiger partial charge in [-0.1, -0.05) is 31.5 Å². The summed E-state index contributed by atoms with van der Waals surface area (Å²) in [5, 5.41) is 0. The number of hydrogen-bond donors (Lipinski definition) is 2. The summed E-state index contributed by atoms with van der Waals surface area (Å²) in [6, 6.07) is 10.4. The van der Waals surface area contributed by atoms with Gasteiger partial charge in [0.15, 0.2) is 0 Å². The van der Waals surface area contributed by atoms with Gasteiger partial charge >= 0.3 is 0 Å². The lowest BCUT2D eigenvalue weighted by molar-refractivity contribution is 0.759. The number of nitrogens with zero attached hydrogens (tertiary/aromatic N) is 2. The molecule has 4 heteroatoms. The Bertz CT molecular complexity index is 359. The van der Waals surface area contributed by atoms with Gasteiger partial charge in [-0.3, -0.25) is 5.43 Å². The molecule has 3 N–H and O–H groups in total. The highest BCUT2D eigenvalue weighted by atomic mass is 15.4. The van der Waals surface area contributed by atoms with Crippen LogP contribution in [0.2, 0.25) is 0 Å². The molecule has 4 nitrogen and oxygen atoms in total. The number of rotatable bonds is 5. The first-order valence-corrected chi connectivity index (χ1v) is 6.56. The van der Waals surface area contributed by atoms with Gasteiger partial charge in [0.1, 0.15) is 0 Å². The van der Waals surface area contributed by atoms with Gasteiger partial charge in [0, 0.05) is 18.3 Å². The highest BCUT2D eigenvalue weighted by molar-refractivity contribution is 5.95. The van der Waals surface area contributed by atoms with E-state index in [-0.39, 0.29) is 6.04 Å². The Hall–Kier alpha value is -1.55. The highest BCUT2D eigenvalue weighted by Crippen LogP contribution is 2.14. The Labute approximate surface area is 110 Å². The second-order valence-electron chi connectivity index (χ2n) is 4.53. The van der Waals surface area contributed by atoms with Gasteiger partial charge in [-0.2, -0.15) is 0 Å². The first-order valence-electron chi connectivity index (χ1n) is 6.56. The van der Waals surface area contributed by atoms with Crippen molar-refractivity contribution in [2.45, 2.75) is 39.7 Å². The number of hydrazine groups is 1. The van der Waals surface area contributed by atoms with Gasteiger partial charge in [-0.15, -0.1) is 0 Å². The second-order valence-corrected chi connectivity index (χ2v) is 4.53. The first-order chi connectivity index (χ1) is 8.69. The molecule has 100 valence electrons. The second kappa shape index (κ2) is 7.71. The molecule has 0 aliphatic carbocycles. The van der Waals surface area contributed by atoms with Crippen LogP contribution >= 0.6 is 0 Å². The molecular formula is C14H24N4. The van der Waals surface area contributed by atoms with Gasteiger partial charge in [0.05, 0.1) is 0 Å². The molecule has 0 atom stereocenters. The van der Waals surface area contributed by atoms with Crippen LogP contribution in [-0.2, 0) is 0 Å². The van der Waals surface area contributed by atoms with E-state index in [0.29, 0.717) is 0 Å². The number of guanidine groups is 1. The van der Waals surface area contributed by atoms with E-state index in [2.05, 4.69) is 34.4 Å². The van der Waals surface area contributed by atoms with Crippen molar-refractivity contribution < 1.29 is 0 Å². The minimum Gasteiger partial charge on any atom is -0.312 e. The maximum atomic E-state index is 5.61. The predicted octanol–water partition coefficient (Wildman–Crippen LogP) is 2.52. The molecule has 0 aliphatic rings. The maximum Gasteiger partial charge on any atom is 0.213 e. The molecular weight excluding hydrogens is 224 g/mol. The Morgan fingerprint density at radius 3 is 2.50 bits per heavy atom.